The number of methoxy groups -OCH3 is 1. The Hall–Kier alpha value is -2.23. The number of halogens is 1. The van der Waals surface area contributed by atoms with Crippen LogP contribution in [0.25, 0.3) is 11.1 Å². The summed E-state index contributed by atoms with van der Waals surface area (Å²) in [5, 5.41) is 0. The van der Waals surface area contributed by atoms with Gasteiger partial charge in [0.05, 0.1) is 13.3 Å². The van der Waals surface area contributed by atoms with E-state index in [4.69, 9.17) is 4.74 Å². The molecule has 0 fully saturated rings. The Kier molecular flexibility index (Phi) is 3.37. The molecule has 0 radical (unpaired) electrons. The monoisotopic (exact) mass is 245 g/mol. The minimum Gasteiger partial charge on any atom is -0.481 e. The Morgan fingerprint density at radius 3 is 2.72 bits per heavy atom. The van der Waals surface area contributed by atoms with E-state index in [2.05, 4.69) is 4.98 Å². The molecule has 0 N–H and O–H groups in total. The standard InChI is InChI=1S/C14H12FNO2/c1-9-3-10(8-17)5-11(4-9)12-6-14(18-2)16-7-13(12)15/h3-8H,1-2H3. The van der Waals surface area contributed by atoms with Crippen molar-refractivity contribution in [2.75, 3.05) is 7.11 Å². The molecule has 0 amide bonds. The van der Waals surface area contributed by atoms with Gasteiger partial charge in [-0.3, -0.25) is 4.79 Å². The highest BCUT2D eigenvalue weighted by Crippen LogP contribution is 2.26. The van der Waals surface area contributed by atoms with E-state index in [1.165, 1.54) is 13.2 Å². The van der Waals surface area contributed by atoms with Crippen molar-refractivity contribution in [3.63, 3.8) is 0 Å². The quantitative estimate of drug-likeness (QED) is 0.780. The van der Waals surface area contributed by atoms with Gasteiger partial charge >= 0.3 is 0 Å². The molecular formula is C14H12FNO2. The van der Waals surface area contributed by atoms with Gasteiger partial charge in [-0.25, -0.2) is 9.37 Å². The van der Waals surface area contributed by atoms with E-state index >= 15 is 0 Å². The summed E-state index contributed by atoms with van der Waals surface area (Å²) < 4.78 is 18.7. The van der Waals surface area contributed by atoms with Gasteiger partial charge in [-0.2, -0.15) is 0 Å². The molecule has 2 rings (SSSR count). The SMILES string of the molecule is COc1cc(-c2cc(C)cc(C=O)c2)c(F)cn1. The number of hydrogen-bond acceptors (Lipinski definition) is 3. The van der Waals surface area contributed by atoms with Crippen molar-refractivity contribution in [2.45, 2.75) is 6.92 Å². The number of carbonyl (C=O) groups excluding carboxylic acids is 1. The molecule has 0 atom stereocenters. The number of hydrogen-bond donors (Lipinski definition) is 0. The van der Waals surface area contributed by atoms with E-state index in [0.717, 1.165) is 18.0 Å². The summed E-state index contributed by atoms with van der Waals surface area (Å²) >= 11 is 0. The third-order valence-electron chi connectivity index (χ3n) is 2.59. The van der Waals surface area contributed by atoms with Gasteiger partial charge in [-0.05, 0) is 30.2 Å². The summed E-state index contributed by atoms with van der Waals surface area (Å²) in [5.74, 6) is -0.112. The molecule has 1 aromatic carbocycles. The zero-order valence-corrected chi connectivity index (χ0v) is 10.1. The number of rotatable bonds is 3. The predicted molar refractivity (Wildman–Crippen MR) is 66.3 cm³/mol. The van der Waals surface area contributed by atoms with Crippen LogP contribution in [-0.4, -0.2) is 18.4 Å². The lowest BCUT2D eigenvalue weighted by Crippen LogP contribution is -1.93. The van der Waals surface area contributed by atoms with Crippen LogP contribution in [0.5, 0.6) is 5.88 Å². The van der Waals surface area contributed by atoms with Crippen molar-refractivity contribution in [2.24, 2.45) is 0 Å². The van der Waals surface area contributed by atoms with E-state index in [1.54, 1.807) is 12.1 Å². The first kappa shape index (κ1) is 12.2. The van der Waals surface area contributed by atoms with Crippen LogP contribution in [0.15, 0.2) is 30.5 Å². The highest BCUT2D eigenvalue weighted by Gasteiger charge is 2.09. The van der Waals surface area contributed by atoms with Gasteiger partial charge < -0.3 is 4.74 Å². The van der Waals surface area contributed by atoms with Crippen molar-refractivity contribution in [3.8, 4) is 17.0 Å². The van der Waals surface area contributed by atoms with Crippen molar-refractivity contribution in [1.29, 1.82) is 0 Å². The number of ether oxygens (including phenoxy) is 1. The molecule has 92 valence electrons. The van der Waals surface area contributed by atoms with Crippen molar-refractivity contribution in [1.82, 2.24) is 4.98 Å². The van der Waals surface area contributed by atoms with Crippen molar-refractivity contribution in [3.05, 3.63) is 47.4 Å². The van der Waals surface area contributed by atoms with Gasteiger partial charge in [-0.15, -0.1) is 0 Å². The lowest BCUT2D eigenvalue weighted by Gasteiger charge is -2.07. The topological polar surface area (TPSA) is 39.2 Å². The molecule has 4 heteroatoms. The number of aryl methyl sites for hydroxylation is 1. The summed E-state index contributed by atoms with van der Waals surface area (Å²) in [6.07, 6.45) is 1.85. The minimum atomic E-state index is -0.446. The zero-order valence-electron chi connectivity index (χ0n) is 10.1. The lowest BCUT2D eigenvalue weighted by atomic mass is 10.0. The Morgan fingerprint density at radius 1 is 1.28 bits per heavy atom. The average molecular weight is 245 g/mol. The fraction of sp³-hybridized carbons (Fsp3) is 0.143. The summed E-state index contributed by atoms with van der Waals surface area (Å²) in [5.41, 5.74) is 2.41. The highest BCUT2D eigenvalue weighted by atomic mass is 19.1. The van der Waals surface area contributed by atoms with Crippen LogP contribution in [-0.2, 0) is 0 Å². The van der Waals surface area contributed by atoms with Gasteiger partial charge in [-0.1, -0.05) is 6.07 Å². The van der Waals surface area contributed by atoms with Crippen LogP contribution in [0, 0.1) is 12.7 Å². The molecule has 0 aliphatic carbocycles. The molecule has 3 nitrogen and oxygen atoms in total. The maximum atomic E-state index is 13.8. The van der Waals surface area contributed by atoms with E-state index < -0.39 is 5.82 Å². The lowest BCUT2D eigenvalue weighted by molar-refractivity contribution is 0.112. The third kappa shape index (κ3) is 2.37. The fourth-order valence-electron chi connectivity index (χ4n) is 1.79. The molecule has 0 aliphatic rings. The summed E-state index contributed by atoms with van der Waals surface area (Å²) in [6.45, 7) is 1.85. The molecule has 2 aromatic rings. The number of aldehydes is 1. The van der Waals surface area contributed by atoms with Gasteiger partial charge in [0.25, 0.3) is 0 Å². The molecule has 1 aromatic heterocycles. The van der Waals surface area contributed by atoms with Crippen LogP contribution in [0.4, 0.5) is 4.39 Å². The number of carbonyl (C=O) groups is 1. The Morgan fingerprint density at radius 2 is 2.06 bits per heavy atom. The first-order chi connectivity index (χ1) is 8.63. The zero-order chi connectivity index (χ0) is 13.1. The van der Waals surface area contributed by atoms with Gasteiger partial charge in [0.2, 0.25) is 5.88 Å². The summed E-state index contributed by atoms with van der Waals surface area (Å²) in [4.78, 5) is 14.6. The first-order valence-corrected chi connectivity index (χ1v) is 5.41. The number of pyridine rings is 1. The van der Waals surface area contributed by atoms with E-state index in [-0.39, 0.29) is 0 Å². The van der Waals surface area contributed by atoms with Crippen molar-refractivity contribution < 1.29 is 13.9 Å². The average Bonchev–Trinajstić information content (AvgIpc) is 2.38. The summed E-state index contributed by atoms with van der Waals surface area (Å²) in [6, 6.07) is 6.70. The second-order valence-electron chi connectivity index (χ2n) is 3.96. The van der Waals surface area contributed by atoms with Crippen molar-refractivity contribution >= 4 is 6.29 Å². The molecule has 0 saturated heterocycles. The molecule has 0 bridgehead atoms. The molecule has 0 spiro atoms. The Bertz CT molecular complexity index is 596. The van der Waals surface area contributed by atoms with Gasteiger partial charge in [0, 0.05) is 17.2 Å². The maximum absolute atomic E-state index is 13.8. The number of nitrogens with zero attached hydrogens (tertiary/aromatic N) is 1. The first-order valence-electron chi connectivity index (χ1n) is 5.41. The van der Waals surface area contributed by atoms with E-state index in [0.29, 0.717) is 22.6 Å². The molecule has 0 aliphatic heterocycles. The molecular weight excluding hydrogens is 233 g/mol. The molecule has 18 heavy (non-hydrogen) atoms. The van der Waals surface area contributed by atoms with Crippen LogP contribution >= 0.6 is 0 Å². The van der Waals surface area contributed by atoms with Gasteiger partial charge in [0.1, 0.15) is 12.1 Å². The van der Waals surface area contributed by atoms with E-state index in [9.17, 15) is 9.18 Å². The highest BCUT2D eigenvalue weighted by molar-refractivity contribution is 5.79. The summed E-state index contributed by atoms with van der Waals surface area (Å²) in [7, 11) is 1.47. The second kappa shape index (κ2) is 4.96. The number of benzene rings is 1. The minimum absolute atomic E-state index is 0.334. The second-order valence-corrected chi connectivity index (χ2v) is 3.96. The number of aromatic nitrogens is 1. The van der Waals surface area contributed by atoms with Crippen LogP contribution in [0.3, 0.4) is 0 Å². The Balaban J connectivity index is 2.60. The van der Waals surface area contributed by atoms with Crippen LogP contribution < -0.4 is 4.74 Å². The predicted octanol–water partition coefficient (Wildman–Crippen LogP) is 3.02. The van der Waals surface area contributed by atoms with E-state index in [1.807, 2.05) is 13.0 Å². The fourth-order valence-corrected chi connectivity index (χ4v) is 1.79. The normalized spacial score (nSPS) is 10.2. The molecule has 1 heterocycles. The third-order valence-corrected chi connectivity index (χ3v) is 2.59. The smallest absolute Gasteiger partial charge is 0.213 e. The maximum Gasteiger partial charge on any atom is 0.213 e. The Labute approximate surface area is 104 Å². The largest absolute Gasteiger partial charge is 0.481 e. The van der Waals surface area contributed by atoms with Crippen LogP contribution in [0.1, 0.15) is 15.9 Å². The van der Waals surface area contributed by atoms with Gasteiger partial charge in [0.15, 0.2) is 0 Å². The molecule has 0 saturated carbocycles. The van der Waals surface area contributed by atoms with Crippen LogP contribution in [0.2, 0.25) is 0 Å². The molecule has 0 unspecified atom stereocenters.